The number of nitrogens with two attached hydrogens (primary N) is 1. The standard InChI is InChI=1S/C32H31BrN2O/c33-29-18-16-26(17-19-29)20-30(34)22-32(36)31(21-25-10-4-1-5-11-25)35(23-27-12-6-2-7-13-27)24-28-14-8-3-9-15-28/h1-19,22,31H,20-21,23-24,34H2/b30-22-/t31-/m0/s1. The Bertz CT molecular complexity index is 1210. The van der Waals surface area contributed by atoms with Crippen LogP contribution in [0.1, 0.15) is 22.3 Å². The predicted molar refractivity (Wildman–Crippen MR) is 151 cm³/mol. The molecule has 0 radical (unpaired) electrons. The summed E-state index contributed by atoms with van der Waals surface area (Å²) in [4.78, 5) is 16.1. The number of carbonyl (C=O) groups is 1. The second kappa shape index (κ2) is 13.0. The summed E-state index contributed by atoms with van der Waals surface area (Å²) in [6, 6.07) is 38.5. The molecule has 4 aromatic carbocycles. The van der Waals surface area contributed by atoms with E-state index in [4.69, 9.17) is 5.73 Å². The normalized spacial score (nSPS) is 12.4. The molecule has 36 heavy (non-hydrogen) atoms. The number of allylic oxidation sites excluding steroid dienone is 1. The van der Waals surface area contributed by atoms with Crippen LogP contribution in [-0.2, 0) is 30.7 Å². The summed E-state index contributed by atoms with van der Waals surface area (Å²) in [7, 11) is 0. The van der Waals surface area contributed by atoms with Gasteiger partial charge in [-0.15, -0.1) is 0 Å². The zero-order valence-electron chi connectivity index (χ0n) is 20.3. The van der Waals surface area contributed by atoms with Gasteiger partial charge < -0.3 is 5.73 Å². The van der Waals surface area contributed by atoms with Crippen molar-refractivity contribution in [1.29, 1.82) is 0 Å². The first-order valence-electron chi connectivity index (χ1n) is 12.2. The number of ketones is 1. The van der Waals surface area contributed by atoms with Gasteiger partial charge in [-0.25, -0.2) is 0 Å². The molecule has 1 atom stereocenters. The molecule has 4 aromatic rings. The highest BCUT2D eigenvalue weighted by Crippen LogP contribution is 2.19. The third-order valence-corrected chi connectivity index (χ3v) is 6.68. The van der Waals surface area contributed by atoms with Crippen LogP contribution in [0.4, 0.5) is 0 Å². The highest BCUT2D eigenvalue weighted by atomic mass is 79.9. The zero-order valence-corrected chi connectivity index (χ0v) is 21.8. The summed E-state index contributed by atoms with van der Waals surface area (Å²) < 4.78 is 1.02. The molecule has 0 aliphatic carbocycles. The second-order valence-electron chi connectivity index (χ2n) is 9.01. The second-order valence-corrected chi connectivity index (χ2v) is 9.92. The Morgan fingerprint density at radius 1 is 0.694 bits per heavy atom. The molecule has 0 heterocycles. The molecular weight excluding hydrogens is 508 g/mol. The number of hydrogen-bond acceptors (Lipinski definition) is 3. The van der Waals surface area contributed by atoms with Gasteiger partial charge in [-0.2, -0.15) is 0 Å². The smallest absolute Gasteiger partial charge is 0.174 e. The van der Waals surface area contributed by atoms with Crippen LogP contribution in [0, 0.1) is 0 Å². The van der Waals surface area contributed by atoms with E-state index in [1.54, 1.807) is 6.08 Å². The Balaban J connectivity index is 1.64. The first kappa shape index (κ1) is 25.6. The molecule has 2 N–H and O–H groups in total. The van der Waals surface area contributed by atoms with Crippen LogP contribution in [-0.4, -0.2) is 16.7 Å². The van der Waals surface area contributed by atoms with Crippen molar-refractivity contribution in [2.24, 2.45) is 5.73 Å². The molecule has 0 spiro atoms. The number of nitrogens with zero attached hydrogens (tertiary/aromatic N) is 1. The largest absolute Gasteiger partial charge is 0.402 e. The summed E-state index contributed by atoms with van der Waals surface area (Å²) in [6.45, 7) is 1.33. The van der Waals surface area contributed by atoms with Crippen LogP contribution < -0.4 is 5.73 Å². The summed E-state index contributed by atoms with van der Waals surface area (Å²) in [5.74, 6) is 0.0281. The Hall–Kier alpha value is -3.47. The Morgan fingerprint density at radius 3 is 1.67 bits per heavy atom. The molecule has 0 aliphatic heterocycles. The Kier molecular flexibility index (Phi) is 9.26. The minimum atomic E-state index is -0.351. The number of halogens is 1. The molecule has 0 amide bonds. The lowest BCUT2D eigenvalue weighted by molar-refractivity contribution is -0.120. The number of benzene rings is 4. The molecule has 0 saturated heterocycles. The average molecular weight is 540 g/mol. The van der Waals surface area contributed by atoms with Crippen LogP contribution in [0.25, 0.3) is 0 Å². The SMILES string of the molecule is N/C(=C\C(=O)[C@H](Cc1ccccc1)N(Cc1ccccc1)Cc1ccccc1)Cc1ccc(Br)cc1. The predicted octanol–water partition coefficient (Wildman–Crippen LogP) is 6.72. The van der Waals surface area contributed by atoms with Crippen molar-refractivity contribution in [1.82, 2.24) is 4.90 Å². The third kappa shape index (κ3) is 7.77. The van der Waals surface area contributed by atoms with E-state index in [1.165, 1.54) is 11.1 Å². The van der Waals surface area contributed by atoms with Gasteiger partial charge in [0.15, 0.2) is 5.78 Å². The van der Waals surface area contributed by atoms with Crippen molar-refractivity contribution in [2.45, 2.75) is 32.0 Å². The number of carbonyl (C=O) groups excluding carboxylic acids is 1. The van der Waals surface area contributed by atoms with Gasteiger partial charge in [0.1, 0.15) is 0 Å². The van der Waals surface area contributed by atoms with Crippen molar-refractivity contribution in [3.05, 3.63) is 154 Å². The molecule has 0 unspecified atom stereocenters. The maximum Gasteiger partial charge on any atom is 0.174 e. The summed E-state index contributed by atoms with van der Waals surface area (Å²) in [5, 5.41) is 0. The molecule has 0 fully saturated rings. The topological polar surface area (TPSA) is 46.3 Å². The molecule has 4 rings (SSSR count). The highest BCUT2D eigenvalue weighted by Gasteiger charge is 2.26. The van der Waals surface area contributed by atoms with E-state index < -0.39 is 0 Å². The number of hydrogen-bond donors (Lipinski definition) is 1. The van der Waals surface area contributed by atoms with Gasteiger partial charge in [0.25, 0.3) is 0 Å². The lowest BCUT2D eigenvalue weighted by Crippen LogP contribution is -2.41. The molecule has 0 saturated carbocycles. The van der Waals surface area contributed by atoms with Gasteiger partial charge in [0.05, 0.1) is 6.04 Å². The van der Waals surface area contributed by atoms with Gasteiger partial charge in [-0.3, -0.25) is 9.69 Å². The minimum Gasteiger partial charge on any atom is -0.402 e. The molecule has 0 aromatic heterocycles. The van der Waals surface area contributed by atoms with E-state index in [2.05, 4.69) is 57.2 Å². The van der Waals surface area contributed by atoms with Crippen LogP contribution in [0.3, 0.4) is 0 Å². The van der Waals surface area contributed by atoms with Gasteiger partial charge in [-0.05, 0) is 40.8 Å². The summed E-state index contributed by atoms with van der Waals surface area (Å²) >= 11 is 3.47. The molecule has 3 nitrogen and oxygen atoms in total. The van der Waals surface area contributed by atoms with E-state index in [1.807, 2.05) is 78.9 Å². The van der Waals surface area contributed by atoms with Crippen molar-refractivity contribution < 1.29 is 4.79 Å². The monoisotopic (exact) mass is 538 g/mol. The van der Waals surface area contributed by atoms with Gasteiger partial charge in [0.2, 0.25) is 0 Å². The fraction of sp³-hybridized carbons (Fsp3) is 0.156. The van der Waals surface area contributed by atoms with Gasteiger partial charge in [0, 0.05) is 35.8 Å². The van der Waals surface area contributed by atoms with Crippen LogP contribution in [0.2, 0.25) is 0 Å². The van der Waals surface area contributed by atoms with Crippen LogP contribution >= 0.6 is 15.9 Å². The Labute approximate surface area is 222 Å². The lowest BCUT2D eigenvalue weighted by Gasteiger charge is -2.31. The van der Waals surface area contributed by atoms with Gasteiger partial charge in [-0.1, -0.05) is 119 Å². The maximum absolute atomic E-state index is 13.8. The van der Waals surface area contributed by atoms with Crippen molar-refractivity contribution in [3.63, 3.8) is 0 Å². The summed E-state index contributed by atoms with van der Waals surface area (Å²) in [6.07, 6.45) is 2.79. The first-order valence-corrected chi connectivity index (χ1v) is 13.0. The highest BCUT2D eigenvalue weighted by molar-refractivity contribution is 9.10. The molecule has 0 bridgehead atoms. The van der Waals surface area contributed by atoms with E-state index in [0.29, 0.717) is 31.6 Å². The fourth-order valence-corrected chi connectivity index (χ4v) is 4.59. The van der Waals surface area contributed by atoms with E-state index >= 15 is 0 Å². The molecular formula is C32H31BrN2O. The zero-order chi connectivity index (χ0) is 25.2. The lowest BCUT2D eigenvalue weighted by atomic mass is 9.97. The molecule has 0 aliphatic rings. The van der Waals surface area contributed by atoms with Crippen molar-refractivity contribution in [3.8, 4) is 0 Å². The summed E-state index contributed by atoms with van der Waals surface area (Å²) in [5.41, 5.74) is 11.5. The maximum atomic E-state index is 13.8. The third-order valence-electron chi connectivity index (χ3n) is 6.15. The van der Waals surface area contributed by atoms with Crippen LogP contribution in [0.15, 0.2) is 132 Å². The first-order chi connectivity index (χ1) is 17.6. The van der Waals surface area contributed by atoms with Gasteiger partial charge >= 0.3 is 0 Å². The fourth-order valence-electron chi connectivity index (χ4n) is 4.33. The molecule has 182 valence electrons. The van der Waals surface area contributed by atoms with E-state index in [0.717, 1.165) is 15.6 Å². The van der Waals surface area contributed by atoms with Crippen molar-refractivity contribution >= 4 is 21.7 Å². The minimum absolute atomic E-state index is 0.0281. The van der Waals surface area contributed by atoms with E-state index in [9.17, 15) is 4.79 Å². The average Bonchev–Trinajstić information content (AvgIpc) is 2.90. The number of rotatable bonds is 11. The van der Waals surface area contributed by atoms with Crippen molar-refractivity contribution in [2.75, 3.05) is 0 Å². The van der Waals surface area contributed by atoms with E-state index in [-0.39, 0.29) is 11.8 Å². The Morgan fingerprint density at radius 2 is 1.17 bits per heavy atom. The molecule has 4 heteroatoms. The van der Waals surface area contributed by atoms with Crippen LogP contribution in [0.5, 0.6) is 0 Å². The quantitative estimate of drug-likeness (QED) is 0.215.